The van der Waals surface area contributed by atoms with Crippen molar-refractivity contribution in [1.29, 1.82) is 0 Å². The minimum absolute atomic E-state index is 0.103. The van der Waals surface area contributed by atoms with Crippen molar-refractivity contribution in [2.45, 2.75) is 6.92 Å². The summed E-state index contributed by atoms with van der Waals surface area (Å²) in [5.74, 6) is 0.168. The maximum absolute atomic E-state index is 12.6. The molecule has 0 aliphatic carbocycles. The van der Waals surface area contributed by atoms with Crippen molar-refractivity contribution in [3.05, 3.63) is 125 Å². The molecule has 168 valence electrons. The number of esters is 1. The van der Waals surface area contributed by atoms with Crippen LogP contribution in [0.1, 0.15) is 31.8 Å². The predicted octanol–water partition coefficient (Wildman–Crippen LogP) is 6.79. The predicted molar refractivity (Wildman–Crippen MR) is 134 cm³/mol. The van der Waals surface area contributed by atoms with E-state index in [1.54, 1.807) is 36.4 Å². The zero-order chi connectivity index (χ0) is 23.9. The molecule has 0 bridgehead atoms. The van der Waals surface area contributed by atoms with Gasteiger partial charge in [-0.1, -0.05) is 84.9 Å². The highest BCUT2D eigenvalue weighted by Crippen LogP contribution is 2.30. The molecule has 0 aliphatic rings. The molecule has 0 N–H and O–H groups in total. The molecular weight excluding hydrogens is 424 g/mol. The van der Waals surface area contributed by atoms with Crippen LogP contribution in [0.15, 0.2) is 103 Å². The smallest absolute Gasteiger partial charge is 0.343 e. The number of carbonyl (C=O) groups is 2. The highest BCUT2D eigenvalue weighted by Gasteiger charge is 2.14. The molecule has 4 nitrogen and oxygen atoms in total. The quantitative estimate of drug-likeness (QED) is 0.135. The second-order valence-corrected chi connectivity index (χ2v) is 7.76. The van der Waals surface area contributed by atoms with Gasteiger partial charge in [-0.3, -0.25) is 4.79 Å². The van der Waals surface area contributed by atoms with Crippen LogP contribution in [0.2, 0.25) is 0 Å². The number of hydrogen-bond acceptors (Lipinski definition) is 4. The van der Waals surface area contributed by atoms with Gasteiger partial charge in [-0.05, 0) is 53.5 Å². The van der Waals surface area contributed by atoms with Crippen molar-refractivity contribution in [2.75, 3.05) is 7.11 Å². The Morgan fingerprint density at radius 2 is 1.41 bits per heavy atom. The number of aryl methyl sites for hydroxylation is 1. The lowest BCUT2D eigenvalue weighted by atomic mass is 10.0. The summed E-state index contributed by atoms with van der Waals surface area (Å²) in [6.45, 7) is 1.86. The molecule has 0 unspecified atom stereocenters. The fourth-order valence-corrected chi connectivity index (χ4v) is 3.55. The average Bonchev–Trinajstić information content (AvgIpc) is 2.88. The molecular formula is C30H24O4. The number of benzene rings is 4. The van der Waals surface area contributed by atoms with Crippen LogP contribution in [-0.2, 0) is 0 Å². The third-order valence-electron chi connectivity index (χ3n) is 5.46. The van der Waals surface area contributed by atoms with E-state index < -0.39 is 5.97 Å². The minimum Gasteiger partial charge on any atom is -0.493 e. The third kappa shape index (κ3) is 5.30. The molecule has 0 radical (unpaired) electrons. The monoisotopic (exact) mass is 448 g/mol. The van der Waals surface area contributed by atoms with Crippen LogP contribution < -0.4 is 9.47 Å². The van der Waals surface area contributed by atoms with Crippen LogP contribution in [0.25, 0.3) is 17.2 Å². The van der Waals surface area contributed by atoms with Gasteiger partial charge in [-0.2, -0.15) is 0 Å². The molecule has 34 heavy (non-hydrogen) atoms. The molecule has 0 fully saturated rings. The fraction of sp³-hybridized carbons (Fsp3) is 0.0667. The van der Waals surface area contributed by atoms with Gasteiger partial charge in [0.05, 0.1) is 12.7 Å². The first-order chi connectivity index (χ1) is 16.5. The van der Waals surface area contributed by atoms with E-state index in [4.69, 9.17) is 9.47 Å². The van der Waals surface area contributed by atoms with E-state index in [1.807, 2.05) is 73.7 Å². The van der Waals surface area contributed by atoms with Crippen LogP contribution in [0.4, 0.5) is 0 Å². The fourth-order valence-electron chi connectivity index (χ4n) is 3.55. The van der Waals surface area contributed by atoms with Crippen molar-refractivity contribution >= 4 is 17.8 Å². The molecule has 0 saturated carbocycles. The van der Waals surface area contributed by atoms with Gasteiger partial charge in [-0.15, -0.1) is 0 Å². The molecule has 0 spiro atoms. The van der Waals surface area contributed by atoms with E-state index in [9.17, 15) is 9.59 Å². The van der Waals surface area contributed by atoms with Gasteiger partial charge in [0.2, 0.25) is 0 Å². The Morgan fingerprint density at radius 3 is 2.12 bits per heavy atom. The largest absolute Gasteiger partial charge is 0.493 e. The summed E-state index contributed by atoms with van der Waals surface area (Å²) in [7, 11) is 1.51. The SMILES string of the molecule is COc1cc(C=CC(=O)c2ccc(-c3ccccc3)cc2)ccc1OC(=O)c1ccccc1C. The molecule has 4 heteroatoms. The van der Waals surface area contributed by atoms with Crippen LogP contribution in [0.5, 0.6) is 11.5 Å². The molecule has 0 heterocycles. The maximum atomic E-state index is 12.6. The van der Waals surface area contributed by atoms with Crippen LogP contribution in [-0.4, -0.2) is 18.9 Å². The van der Waals surface area contributed by atoms with Crippen LogP contribution in [0.3, 0.4) is 0 Å². The van der Waals surface area contributed by atoms with Crippen LogP contribution in [0, 0.1) is 6.92 Å². The van der Waals surface area contributed by atoms with E-state index in [0.29, 0.717) is 22.6 Å². The Bertz CT molecular complexity index is 1340. The van der Waals surface area contributed by atoms with Gasteiger partial charge in [0, 0.05) is 5.56 Å². The molecule has 0 aromatic heterocycles. The Labute approximate surface area is 199 Å². The van der Waals surface area contributed by atoms with E-state index in [1.165, 1.54) is 13.2 Å². The number of ether oxygens (including phenoxy) is 2. The van der Waals surface area contributed by atoms with Gasteiger partial charge in [0.15, 0.2) is 17.3 Å². The van der Waals surface area contributed by atoms with Gasteiger partial charge < -0.3 is 9.47 Å². The summed E-state index contributed by atoms with van der Waals surface area (Å²) < 4.78 is 10.9. The topological polar surface area (TPSA) is 52.6 Å². The van der Waals surface area contributed by atoms with E-state index in [-0.39, 0.29) is 5.78 Å². The number of methoxy groups -OCH3 is 1. The number of rotatable bonds is 7. The first-order valence-corrected chi connectivity index (χ1v) is 10.9. The van der Waals surface area contributed by atoms with Crippen molar-refractivity contribution in [1.82, 2.24) is 0 Å². The number of carbonyl (C=O) groups excluding carboxylic acids is 2. The van der Waals surface area contributed by atoms with Gasteiger partial charge in [0.1, 0.15) is 0 Å². The molecule has 0 amide bonds. The molecule has 4 aromatic rings. The molecule has 4 aromatic carbocycles. The highest BCUT2D eigenvalue weighted by molar-refractivity contribution is 6.07. The van der Waals surface area contributed by atoms with Gasteiger partial charge >= 0.3 is 5.97 Å². The van der Waals surface area contributed by atoms with Crippen LogP contribution >= 0.6 is 0 Å². The second kappa shape index (κ2) is 10.5. The summed E-state index contributed by atoms with van der Waals surface area (Å²) in [5.41, 5.74) is 4.85. The molecule has 0 atom stereocenters. The summed E-state index contributed by atoms with van der Waals surface area (Å²) in [5, 5.41) is 0. The lowest BCUT2D eigenvalue weighted by Crippen LogP contribution is -2.10. The first-order valence-electron chi connectivity index (χ1n) is 10.9. The third-order valence-corrected chi connectivity index (χ3v) is 5.46. The second-order valence-electron chi connectivity index (χ2n) is 7.76. The lowest BCUT2D eigenvalue weighted by Gasteiger charge is -2.11. The minimum atomic E-state index is -0.450. The molecule has 4 rings (SSSR count). The van der Waals surface area contributed by atoms with E-state index in [0.717, 1.165) is 22.3 Å². The summed E-state index contributed by atoms with van der Waals surface area (Å²) in [4.78, 5) is 25.2. The number of hydrogen-bond donors (Lipinski definition) is 0. The Kier molecular flexibility index (Phi) is 6.99. The van der Waals surface area contributed by atoms with Crippen molar-refractivity contribution in [3.8, 4) is 22.6 Å². The normalized spacial score (nSPS) is 10.8. The molecule has 0 aliphatic heterocycles. The van der Waals surface area contributed by atoms with Gasteiger partial charge in [0.25, 0.3) is 0 Å². The Morgan fingerprint density at radius 1 is 0.735 bits per heavy atom. The maximum Gasteiger partial charge on any atom is 0.343 e. The highest BCUT2D eigenvalue weighted by atomic mass is 16.6. The van der Waals surface area contributed by atoms with Crippen molar-refractivity contribution in [2.24, 2.45) is 0 Å². The van der Waals surface area contributed by atoms with Gasteiger partial charge in [-0.25, -0.2) is 4.79 Å². The number of ketones is 1. The lowest BCUT2D eigenvalue weighted by molar-refractivity contribution is 0.0728. The first kappa shape index (κ1) is 22.7. The summed E-state index contributed by atoms with van der Waals surface area (Å²) in [6.07, 6.45) is 3.23. The van der Waals surface area contributed by atoms with Crippen molar-refractivity contribution in [3.63, 3.8) is 0 Å². The Balaban J connectivity index is 1.46. The van der Waals surface area contributed by atoms with E-state index >= 15 is 0 Å². The molecule has 0 saturated heterocycles. The zero-order valence-corrected chi connectivity index (χ0v) is 19.0. The zero-order valence-electron chi connectivity index (χ0n) is 19.0. The summed E-state index contributed by atoms with van der Waals surface area (Å²) >= 11 is 0. The standard InChI is InChI=1S/C30H24O4/c1-21-8-6-7-11-26(21)30(32)34-28-19-13-22(20-29(28)33-2)12-18-27(31)25-16-14-24(15-17-25)23-9-4-3-5-10-23/h3-20H,1-2H3. The summed E-state index contributed by atoms with van der Waals surface area (Å²) in [6, 6.07) is 29.9. The number of allylic oxidation sites excluding steroid dienone is 1. The Hall–Kier alpha value is -4.44. The average molecular weight is 449 g/mol. The van der Waals surface area contributed by atoms with E-state index in [2.05, 4.69) is 0 Å². The van der Waals surface area contributed by atoms with Crippen molar-refractivity contribution < 1.29 is 19.1 Å².